The molecule has 0 fully saturated rings. The first-order valence-corrected chi connectivity index (χ1v) is 13.0. The van der Waals surface area contributed by atoms with Gasteiger partial charge < -0.3 is 19.1 Å². The third-order valence-corrected chi connectivity index (χ3v) is 6.77. The van der Waals surface area contributed by atoms with Gasteiger partial charge in [0, 0.05) is 23.6 Å². The van der Waals surface area contributed by atoms with Crippen molar-refractivity contribution in [3.8, 4) is 5.75 Å². The van der Waals surface area contributed by atoms with Gasteiger partial charge in [-0.1, -0.05) is 48.5 Å². The zero-order valence-corrected chi connectivity index (χ0v) is 19.7. The normalized spacial score (nSPS) is 12.7. The molecule has 1 N–H and O–H groups in total. The summed E-state index contributed by atoms with van der Waals surface area (Å²) >= 11 is 0. The van der Waals surface area contributed by atoms with Crippen LogP contribution in [0.25, 0.3) is 21.8 Å². The largest absolute Gasteiger partial charge is 0.492 e. The van der Waals surface area contributed by atoms with Gasteiger partial charge in [0.25, 0.3) is 0 Å². The molecule has 4 aromatic rings. The molecule has 0 aliphatic rings. The maximum Gasteiger partial charge on any atom is 0.354 e. The van der Waals surface area contributed by atoms with E-state index in [0.717, 1.165) is 34.5 Å². The predicted molar refractivity (Wildman–Crippen MR) is 131 cm³/mol. The molecule has 0 amide bonds. The van der Waals surface area contributed by atoms with E-state index in [2.05, 4.69) is 0 Å². The van der Waals surface area contributed by atoms with Gasteiger partial charge in [-0.3, -0.25) is 0 Å². The lowest BCUT2D eigenvalue weighted by Crippen LogP contribution is -2.22. The molecule has 178 valence electrons. The Labute approximate surface area is 198 Å². The number of benzene rings is 3. The number of hydrogen-bond acceptors (Lipinski definition) is 5. The smallest absolute Gasteiger partial charge is 0.354 e. The molecular weight excluding hydrogens is 454 g/mol. The fraction of sp³-hybridized carbons (Fsp3) is 0.269. The van der Waals surface area contributed by atoms with Crippen LogP contribution < -0.4 is 4.74 Å². The Bertz CT molecular complexity index is 1360. The summed E-state index contributed by atoms with van der Waals surface area (Å²) in [5, 5.41) is 11.9. The van der Waals surface area contributed by atoms with E-state index in [1.54, 1.807) is 22.8 Å². The quantitative estimate of drug-likeness (QED) is 0.301. The van der Waals surface area contributed by atoms with E-state index in [1.807, 2.05) is 48.5 Å². The second kappa shape index (κ2) is 10.3. The van der Waals surface area contributed by atoms with Gasteiger partial charge in [0.1, 0.15) is 10.6 Å². The lowest BCUT2D eigenvalue weighted by Gasteiger charge is -2.18. The highest BCUT2D eigenvalue weighted by Crippen LogP contribution is 2.32. The molecular formula is C26H27NO6S. The molecule has 7 nitrogen and oxygen atoms in total. The number of ether oxygens (including phenoxy) is 2. The highest BCUT2D eigenvalue weighted by molar-refractivity contribution is 7.90. The number of carboxylic acids is 1. The fourth-order valence-electron chi connectivity index (χ4n) is 4.10. The van der Waals surface area contributed by atoms with Gasteiger partial charge in [0.2, 0.25) is 6.23 Å². The second-order valence-corrected chi connectivity index (χ2v) is 10.1. The second-order valence-electron chi connectivity index (χ2n) is 8.09. The third-order valence-electron chi connectivity index (χ3n) is 5.63. The van der Waals surface area contributed by atoms with Crippen LogP contribution in [0.3, 0.4) is 0 Å². The Kier molecular flexibility index (Phi) is 7.19. The number of para-hydroxylation sites is 3. The van der Waals surface area contributed by atoms with Crippen molar-refractivity contribution in [2.45, 2.75) is 30.4 Å². The monoisotopic (exact) mass is 481 g/mol. The molecule has 0 saturated carbocycles. The van der Waals surface area contributed by atoms with Crippen molar-refractivity contribution in [2.24, 2.45) is 0 Å². The average molecular weight is 482 g/mol. The Morgan fingerprint density at radius 2 is 1.41 bits per heavy atom. The number of carboxylic acid groups (broad SMARTS) is 1. The number of unbranched alkanes of at least 4 members (excludes halogenated alkanes) is 2. The summed E-state index contributed by atoms with van der Waals surface area (Å²) < 4.78 is 37.0. The van der Waals surface area contributed by atoms with Crippen LogP contribution in [0.15, 0.2) is 77.7 Å². The number of hydrogen-bond donors (Lipinski definition) is 1. The van der Waals surface area contributed by atoms with Gasteiger partial charge >= 0.3 is 5.97 Å². The number of fused-ring (bicyclic) bond motifs is 3. The van der Waals surface area contributed by atoms with E-state index in [0.29, 0.717) is 25.2 Å². The summed E-state index contributed by atoms with van der Waals surface area (Å²) in [5.41, 5.74) is 1.63. The Hall–Kier alpha value is -3.36. The minimum absolute atomic E-state index is 0.175. The number of aromatic nitrogens is 1. The molecule has 0 spiro atoms. The molecule has 1 heterocycles. The van der Waals surface area contributed by atoms with Crippen LogP contribution in [-0.2, 0) is 19.4 Å². The van der Waals surface area contributed by atoms with Crippen LogP contribution in [-0.4, -0.2) is 43.5 Å². The minimum atomic E-state index is -3.36. The lowest BCUT2D eigenvalue weighted by molar-refractivity contribution is -0.156. The zero-order chi connectivity index (χ0) is 24.1. The van der Waals surface area contributed by atoms with Crippen LogP contribution in [0.2, 0.25) is 0 Å². The molecule has 1 aromatic heterocycles. The molecule has 3 aromatic carbocycles. The molecule has 0 bridgehead atoms. The summed E-state index contributed by atoms with van der Waals surface area (Å²) in [7, 11) is -3.36. The number of carbonyl (C=O) groups is 1. The van der Waals surface area contributed by atoms with Crippen molar-refractivity contribution in [1.82, 2.24) is 4.57 Å². The van der Waals surface area contributed by atoms with Crippen molar-refractivity contribution in [3.05, 3.63) is 72.8 Å². The van der Waals surface area contributed by atoms with Crippen molar-refractivity contribution in [1.29, 1.82) is 0 Å². The van der Waals surface area contributed by atoms with Crippen LogP contribution >= 0.6 is 0 Å². The number of sulfone groups is 1. The molecule has 4 rings (SSSR count). The van der Waals surface area contributed by atoms with E-state index in [4.69, 9.17) is 9.47 Å². The Balaban J connectivity index is 1.35. The summed E-state index contributed by atoms with van der Waals surface area (Å²) in [6.45, 7) is 0.638. The molecule has 1 unspecified atom stereocenters. The standard InChI is InChI=1S/C26H27NO6S/c1-34(30,31)24-16-8-7-15-23(24)32-17-9-2-10-18-33-25(26(28)29)27-21-13-5-3-11-19(21)20-12-4-6-14-22(20)27/h3-8,11-16,25H,2,9-10,17-18H2,1H3,(H,28,29). The first kappa shape index (κ1) is 23.8. The summed E-state index contributed by atoms with van der Waals surface area (Å²) in [4.78, 5) is 12.3. The fourth-order valence-corrected chi connectivity index (χ4v) is 4.91. The molecule has 34 heavy (non-hydrogen) atoms. The van der Waals surface area contributed by atoms with Gasteiger partial charge in [-0.2, -0.15) is 0 Å². The van der Waals surface area contributed by atoms with E-state index in [1.165, 1.54) is 6.07 Å². The highest BCUT2D eigenvalue weighted by Gasteiger charge is 2.24. The molecule has 0 radical (unpaired) electrons. The lowest BCUT2D eigenvalue weighted by atomic mass is 10.2. The topological polar surface area (TPSA) is 94.8 Å². The SMILES string of the molecule is CS(=O)(=O)c1ccccc1OCCCCCOC(C(=O)O)n1c2ccccc2c2ccccc21. The number of rotatable bonds is 11. The number of aliphatic carboxylic acids is 1. The molecule has 0 aliphatic carbocycles. The summed E-state index contributed by atoms with van der Waals surface area (Å²) in [6, 6.07) is 22.0. The first-order valence-electron chi connectivity index (χ1n) is 11.1. The van der Waals surface area contributed by atoms with Crippen molar-refractivity contribution in [2.75, 3.05) is 19.5 Å². The molecule has 8 heteroatoms. The van der Waals surface area contributed by atoms with Gasteiger partial charge in [-0.25, -0.2) is 13.2 Å². The number of nitrogens with zero attached hydrogens (tertiary/aromatic N) is 1. The molecule has 0 aliphatic heterocycles. The van der Waals surface area contributed by atoms with E-state index >= 15 is 0 Å². The third kappa shape index (κ3) is 5.08. The van der Waals surface area contributed by atoms with Crippen LogP contribution in [0, 0.1) is 0 Å². The predicted octanol–water partition coefficient (Wildman–Crippen LogP) is 5.05. The maximum atomic E-state index is 12.1. The summed E-state index contributed by atoms with van der Waals surface area (Å²) in [5.74, 6) is -0.703. The van der Waals surface area contributed by atoms with Crippen molar-refractivity contribution >= 4 is 37.6 Å². The van der Waals surface area contributed by atoms with Crippen molar-refractivity contribution < 1.29 is 27.8 Å². The molecule has 1 atom stereocenters. The van der Waals surface area contributed by atoms with Gasteiger partial charge in [-0.05, 0) is 43.5 Å². The van der Waals surface area contributed by atoms with E-state index in [9.17, 15) is 18.3 Å². The maximum absolute atomic E-state index is 12.1. The van der Waals surface area contributed by atoms with Crippen molar-refractivity contribution in [3.63, 3.8) is 0 Å². The van der Waals surface area contributed by atoms with Crippen LogP contribution in [0.4, 0.5) is 0 Å². The van der Waals surface area contributed by atoms with Crippen LogP contribution in [0.5, 0.6) is 5.75 Å². The average Bonchev–Trinajstić information content (AvgIpc) is 3.15. The highest BCUT2D eigenvalue weighted by atomic mass is 32.2. The van der Waals surface area contributed by atoms with Crippen LogP contribution in [0.1, 0.15) is 25.5 Å². The van der Waals surface area contributed by atoms with E-state index in [-0.39, 0.29) is 11.5 Å². The minimum Gasteiger partial charge on any atom is -0.492 e. The Morgan fingerprint density at radius 1 is 0.853 bits per heavy atom. The first-order chi connectivity index (χ1) is 16.4. The van der Waals surface area contributed by atoms with Gasteiger partial charge in [-0.15, -0.1) is 0 Å². The van der Waals surface area contributed by atoms with Gasteiger partial charge in [0.15, 0.2) is 9.84 Å². The molecule has 0 saturated heterocycles. The van der Waals surface area contributed by atoms with Gasteiger partial charge in [0.05, 0.1) is 17.6 Å². The van der Waals surface area contributed by atoms with E-state index < -0.39 is 22.0 Å². The summed E-state index contributed by atoms with van der Waals surface area (Å²) in [6.07, 6.45) is 2.11. The Morgan fingerprint density at radius 3 is 2.03 bits per heavy atom. The zero-order valence-electron chi connectivity index (χ0n) is 18.9.